The van der Waals surface area contributed by atoms with Crippen molar-refractivity contribution in [3.05, 3.63) is 108 Å². The summed E-state index contributed by atoms with van der Waals surface area (Å²) in [5, 5.41) is 2.07. The van der Waals surface area contributed by atoms with Crippen molar-refractivity contribution in [2.45, 2.75) is 64.8 Å². The number of furan rings is 1. The summed E-state index contributed by atoms with van der Waals surface area (Å²) in [5.41, 5.74) is 7.41. The number of hydrogen-bond acceptors (Lipinski definition) is 4. The van der Waals surface area contributed by atoms with Gasteiger partial charge in [0.1, 0.15) is 0 Å². The van der Waals surface area contributed by atoms with Crippen LogP contribution >= 0.6 is 0 Å². The molecule has 0 atom stereocenters. The first-order chi connectivity index (χ1) is 22.7. The Morgan fingerprint density at radius 3 is 2.38 bits per heavy atom. The Morgan fingerprint density at radius 1 is 0.915 bits per heavy atom. The van der Waals surface area contributed by atoms with Gasteiger partial charge in [-0.2, -0.15) is 0 Å². The summed E-state index contributed by atoms with van der Waals surface area (Å²) in [5.74, 6) is 7.74. The third-order valence-corrected chi connectivity index (χ3v) is 12.1. The third kappa shape index (κ3) is 7.46. The Labute approximate surface area is 297 Å². The molecule has 5 nitrogen and oxygen atoms in total. The van der Waals surface area contributed by atoms with Crippen LogP contribution in [0.2, 0.25) is 17.3 Å². The van der Waals surface area contributed by atoms with Crippen LogP contribution in [0.15, 0.2) is 89.5 Å². The molecule has 0 aliphatic rings. The van der Waals surface area contributed by atoms with Crippen molar-refractivity contribution in [3.8, 4) is 22.6 Å². The van der Waals surface area contributed by atoms with Crippen LogP contribution in [0.4, 0.5) is 0 Å². The van der Waals surface area contributed by atoms with Crippen LogP contribution in [0.25, 0.3) is 55.7 Å². The molecule has 4 aromatic heterocycles. The smallest absolute Gasteiger partial charge is 0 e. The molecule has 0 N–H and O–H groups in total. The van der Waals surface area contributed by atoms with Crippen molar-refractivity contribution in [1.82, 2.24) is 19.5 Å². The van der Waals surface area contributed by atoms with E-state index < -0.39 is 25.1 Å². The number of aryl methyl sites for hydroxylation is 2. The maximum atomic E-state index is 8.76. The first-order valence-corrected chi connectivity index (χ1v) is 23.2. The fourth-order valence-electron chi connectivity index (χ4n) is 5.73. The van der Waals surface area contributed by atoms with Gasteiger partial charge in [0, 0.05) is 37.7 Å². The Hall–Kier alpha value is -3.58. The summed E-state index contributed by atoms with van der Waals surface area (Å²) < 4.78 is 27.0. The normalized spacial score (nSPS) is 12.8. The van der Waals surface area contributed by atoms with Gasteiger partial charge in [0.05, 0.1) is 22.4 Å². The van der Waals surface area contributed by atoms with E-state index in [4.69, 9.17) is 12.1 Å². The summed E-state index contributed by atoms with van der Waals surface area (Å²) in [4.78, 5) is 14.0. The van der Waals surface area contributed by atoms with Crippen molar-refractivity contribution in [1.29, 1.82) is 0 Å². The van der Waals surface area contributed by atoms with Gasteiger partial charge in [0.25, 0.3) is 0 Å². The van der Waals surface area contributed by atoms with E-state index in [1.54, 1.807) is 0 Å². The van der Waals surface area contributed by atoms with Gasteiger partial charge < -0.3 is 8.98 Å². The van der Waals surface area contributed by atoms with Crippen LogP contribution in [-0.4, -0.2) is 32.8 Å². The number of para-hydroxylation sites is 2. The van der Waals surface area contributed by atoms with E-state index in [0.29, 0.717) is 5.71 Å². The first-order valence-electron chi connectivity index (χ1n) is 16.8. The fourth-order valence-corrected chi connectivity index (χ4v) is 8.65. The molecule has 7 aromatic rings. The Kier molecular flexibility index (Phi) is 9.45. The zero-order valence-electron chi connectivity index (χ0n) is 30.3. The predicted molar refractivity (Wildman–Crippen MR) is 194 cm³/mol. The minimum atomic E-state index is -2.24. The van der Waals surface area contributed by atoms with Gasteiger partial charge >= 0.3 is 135 Å². The number of aromatic nitrogens is 4. The number of pyridine rings is 2. The van der Waals surface area contributed by atoms with E-state index in [1.165, 1.54) is 0 Å². The molecule has 0 spiro atoms. The van der Waals surface area contributed by atoms with Crippen LogP contribution in [0.1, 0.15) is 41.7 Å². The SMILES string of the molecule is CCn1c(-c2[c-]ccc3c2oc2nc(C)ccc23)nc2ccccc21.[2H]C([2H])(c1cc(-c2[c-]cccc2)nc[c]1[Ge]([CH3])([CH3])[CH3])C(C)(C)C.[Ir]. The van der Waals surface area contributed by atoms with Crippen LogP contribution in [0.5, 0.6) is 0 Å². The summed E-state index contributed by atoms with van der Waals surface area (Å²) in [6.45, 7) is 10.8. The molecule has 0 fully saturated rings. The fraction of sp³-hybridized carbons (Fsp3) is 0.275. The minimum Gasteiger partial charge on any atom is 0 e. The number of benzene rings is 3. The van der Waals surface area contributed by atoms with Crippen molar-refractivity contribution in [3.63, 3.8) is 0 Å². The molecule has 0 aliphatic carbocycles. The molecule has 7 heteroatoms. The zero-order valence-corrected chi connectivity index (χ0v) is 32.8. The topological polar surface area (TPSA) is 56.7 Å². The number of fused-ring (bicyclic) bond motifs is 4. The van der Waals surface area contributed by atoms with E-state index in [9.17, 15) is 0 Å². The van der Waals surface area contributed by atoms with Gasteiger partial charge in [0.15, 0.2) is 0 Å². The van der Waals surface area contributed by atoms with Crippen LogP contribution < -0.4 is 4.40 Å². The van der Waals surface area contributed by atoms with Crippen molar-refractivity contribution >= 4 is 50.8 Å². The van der Waals surface area contributed by atoms with Crippen molar-refractivity contribution < 1.29 is 27.3 Å². The van der Waals surface area contributed by atoms with Gasteiger partial charge in [-0.15, -0.1) is 18.2 Å². The van der Waals surface area contributed by atoms with Gasteiger partial charge in [0.2, 0.25) is 5.71 Å². The van der Waals surface area contributed by atoms with Gasteiger partial charge in [-0.1, -0.05) is 23.1 Å². The molecule has 0 saturated carbocycles. The van der Waals surface area contributed by atoms with E-state index >= 15 is 0 Å². The molecule has 0 bridgehead atoms. The van der Waals surface area contributed by atoms with E-state index in [0.717, 1.165) is 72.2 Å². The Balaban J connectivity index is 0.000000188. The standard InChI is InChI=1S/C21H16N3O.C19H26GeN.Ir/c1-3-24-18-10-5-4-9-17(18)23-20(24)16-8-6-7-14-15-12-11-13(2)22-21(15)25-19(14)16;1-19(2,3)13-16-12-18(15-10-8-7-9-11-15)21-14-17(16)20(4,5)6;/h4-7,9-12H,3H2,1-2H3;7-10,12,14H,13H2,1-6H3;/q2*-1;/i;13D2;. The second kappa shape index (κ2) is 13.9. The van der Waals surface area contributed by atoms with E-state index in [-0.39, 0.29) is 20.1 Å². The average molecular weight is 862 g/mol. The van der Waals surface area contributed by atoms with Crippen molar-refractivity contribution in [2.24, 2.45) is 5.41 Å². The summed E-state index contributed by atoms with van der Waals surface area (Å²) in [6.07, 6.45) is 0.502. The minimum absolute atomic E-state index is 0. The van der Waals surface area contributed by atoms with Gasteiger partial charge in [-0.25, -0.2) is 4.98 Å². The zero-order chi connectivity index (χ0) is 34.4. The van der Waals surface area contributed by atoms with E-state index in [1.807, 2.05) is 101 Å². The van der Waals surface area contributed by atoms with Crippen molar-refractivity contribution in [2.75, 3.05) is 0 Å². The number of rotatable bonds is 5. The molecule has 0 aliphatic heterocycles. The van der Waals surface area contributed by atoms with Gasteiger partial charge in [-0.05, 0) is 38.1 Å². The molecule has 3 aromatic carbocycles. The molecule has 0 saturated heterocycles. The monoisotopic (exact) mass is 863 g/mol. The Bertz CT molecular complexity index is 2250. The second-order valence-corrected chi connectivity index (χ2v) is 24.3. The molecule has 1 radical (unpaired) electrons. The van der Waals surface area contributed by atoms with Crippen LogP contribution in [0.3, 0.4) is 0 Å². The second-order valence-electron chi connectivity index (χ2n) is 13.7. The average Bonchev–Trinajstić information content (AvgIpc) is 3.62. The summed E-state index contributed by atoms with van der Waals surface area (Å²) in [7, 11) is 0. The first kappa shape index (κ1) is 32.0. The quantitative estimate of drug-likeness (QED) is 0.128. The molecule has 47 heavy (non-hydrogen) atoms. The molecule has 0 unspecified atom stereocenters. The molecule has 7 rings (SSSR count). The van der Waals surface area contributed by atoms with Gasteiger partial charge in [-0.3, -0.25) is 4.98 Å². The molecule has 0 amide bonds. The third-order valence-electron chi connectivity index (χ3n) is 7.84. The maximum Gasteiger partial charge on any atom is 0 e. The van der Waals surface area contributed by atoms with Crippen LogP contribution in [-0.2, 0) is 33.0 Å². The maximum absolute atomic E-state index is 8.76. The molecule has 4 heterocycles. The number of imidazole rings is 1. The Morgan fingerprint density at radius 2 is 1.68 bits per heavy atom. The molecular weight excluding hydrogens is 817 g/mol. The summed E-state index contributed by atoms with van der Waals surface area (Å²) in [6, 6.07) is 32.4. The number of nitrogens with zero attached hydrogens (tertiary/aromatic N) is 4. The number of hydrogen-bond donors (Lipinski definition) is 0. The predicted octanol–water partition coefficient (Wildman–Crippen LogP) is 9.81. The van der Waals surface area contributed by atoms with E-state index in [2.05, 4.69) is 63.0 Å². The summed E-state index contributed by atoms with van der Waals surface area (Å²) >= 11 is -2.24. The molecular formula is C40H42GeIrN4O-2. The molecule has 243 valence electrons. The largest absolute Gasteiger partial charge is 0 e. The van der Waals surface area contributed by atoms with Crippen LogP contribution in [0, 0.1) is 24.5 Å².